The smallest absolute Gasteiger partial charge is 0.0638 e. The van der Waals surface area contributed by atoms with Crippen molar-refractivity contribution in [1.29, 1.82) is 5.26 Å². The van der Waals surface area contributed by atoms with Gasteiger partial charge in [-0.3, -0.25) is 4.90 Å². The van der Waals surface area contributed by atoms with E-state index in [1.807, 2.05) is 6.08 Å². The highest BCUT2D eigenvalue weighted by Crippen LogP contribution is 2.16. The number of likely N-dealkylation sites (tertiary alicyclic amines) is 1. The molecule has 1 atom stereocenters. The zero-order valence-corrected chi connectivity index (χ0v) is 6.79. The van der Waals surface area contributed by atoms with Crippen LogP contribution in [0.4, 0.5) is 0 Å². The molecule has 0 amide bonds. The Bertz CT molecular complexity index is 165. The topological polar surface area (TPSA) is 27.0 Å². The van der Waals surface area contributed by atoms with E-state index < -0.39 is 0 Å². The van der Waals surface area contributed by atoms with Crippen LogP contribution < -0.4 is 0 Å². The Morgan fingerprint density at radius 3 is 2.73 bits per heavy atom. The van der Waals surface area contributed by atoms with Gasteiger partial charge in [-0.25, -0.2) is 0 Å². The first-order valence-electron chi connectivity index (χ1n) is 4.10. The first-order chi connectivity index (χ1) is 5.38. The number of nitrogens with zero attached hydrogens (tertiary/aromatic N) is 2. The van der Waals surface area contributed by atoms with E-state index in [-0.39, 0.29) is 0 Å². The van der Waals surface area contributed by atoms with Crippen LogP contribution in [0.5, 0.6) is 0 Å². The lowest BCUT2D eigenvalue weighted by molar-refractivity contribution is 0.121. The fraction of sp³-hybridized carbons (Fsp3) is 0.667. The van der Waals surface area contributed by atoms with Gasteiger partial charge in [0, 0.05) is 6.04 Å². The molecule has 1 unspecified atom stereocenters. The molecule has 0 N–H and O–H groups in total. The van der Waals surface area contributed by atoms with Crippen molar-refractivity contribution in [3.63, 3.8) is 0 Å². The molecule has 0 bridgehead atoms. The minimum absolute atomic E-state index is 0.436. The summed E-state index contributed by atoms with van der Waals surface area (Å²) in [4.78, 5) is 2.35. The van der Waals surface area contributed by atoms with Gasteiger partial charge >= 0.3 is 0 Å². The maximum atomic E-state index is 8.52. The van der Waals surface area contributed by atoms with Crippen LogP contribution in [0.2, 0.25) is 0 Å². The Kier molecular flexibility index (Phi) is 3.13. The first kappa shape index (κ1) is 8.29. The van der Waals surface area contributed by atoms with E-state index in [0.717, 1.165) is 6.42 Å². The van der Waals surface area contributed by atoms with E-state index in [1.165, 1.54) is 19.5 Å². The van der Waals surface area contributed by atoms with E-state index in [2.05, 4.69) is 17.5 Å². The van der Waals surface area contributed by atoms with E-state index in [1.54, 1.807) is 0 Å². The second-order valence-electron chi connectivity index (χ2n) is 2.93. The summed E-state index contributed by atoms with van der Waals surface area (Å²) in [6.45, 7) is 6.02. The van der Waals surface area contributed by atoms with Crippen LogP contribution in [-0.4, -0.2) is 24.0 Å². The van der Waals surface area contributed by atoms with Crippen LogP contribution in [0.25, 0.3) is 0 Å². The molecule has 1 aliphatic heterocycles. The molecule has 11 heavy (non-hydrogen) atoms. The third kappa shape index (κ3) is 2.06. The predicted molar refractivity (Wildman–Crippen MR) is 45.0 cm³/mol. The van der Waals surface area contributed by atoms with E-state index >= 15 is 0 Å². The van der Waals surface area contributed by atoms with Gasteiger partial charge in [-0.1, -0.05) is 6.08 Å². The average Bonchev–Trinajstić information content (AvgIpc) is 1.85. The fourth-order valence-electron chi connectivity index (χ4n) is 1.37. The summed E-state index contributed by atoms with van der Waals surface area (Å²) in [5, 5.41) is 8.52. The zero-order valence-electron chi connectivity index (χ0n) is 6.79. The summed E-state index contributed by atoms with van der Waals surface area (Å²) >= 11 is 0. The Morgan fingerprint density at radius 1 is 1.64 bits per heavy atom. The second-order valence-corrected chi connectivity index (χ2v) is 2.93. The number of nitriles is 1. The standard InChI is InChI=1S/C9H14N2/c1-2-4-9(5-6-10)11-7-3-8-11/h2,9H,1,3-5,7-8H2. The predicted octanol–water partition coefficient (Wildman–Crippen LogP) is 1.55. The van der Waals surface area contributed by atoms with Gasteiger partial charge in [0.1, 0.15) is 0 Å². The average molecular weight is 150 g/mol. The quantitative estimate of drug-likeness (QED) is 0.568. The molecular weight excluding hydrogens is 136 g/mol. The molecule has 0 aliphatic carbocycles. The Morgan fingerprint density at radius 2 is 2.36 bits per heavy atom. The molecule has 1 saturated heterocycles. The van der Waals surface area contributed by atoms with Gasteiger partial charge in [-0.15, -0.1) is 6.58 Å². The third-order valence-electron chi connectivity index (χ3n) is 2.17. The van der Waals surface area contributed by atoms with Crippen molar-refractivity contribution >= 4 is 0 Å². The summed E-state index contributed by atoms with van der Waals surface area (Å²) in [5.41, 5.74) is 0. The van der Waals surface area contributed by atoms with Gasteiger partial charge < -0.3 is 0 Å². The molecule has 0 radical (unpaired) electrons. The summed E-state index contributed by atoms with van der Waals surface area (Å²) in [5.74, 6) is 0. The van der Waals surface area contributed by atoms with Gasteiger partial charge in [0.2, 0.25) is 0 Å². The Labute approximate surface area is 68.1 Å². The van der Waals surface area contributed by atoms with Crippen LogP contribution in [-0.2, 0) is 0 Å². The van der Waals surface area contributed by atoms with Crippen LogP contribution in [0.1, 0.15) is 19.3 Å². The molecule has 60 valence electrons. The monoisotopic (exact) mass is 150 g/mol. The maximum absolute atomic E-state index is 8.52. The molecule has 2 heteroatoms. The van der Waals surface area contributed by atoms with Gasteiger partial charge in [0.15, 0.2) is 0 Å². The van der Waals surface area contributed by atoms with Crippen molar-refractivity contribution in [2.24, 2.45) is 0 Å². The van der Waals surface area contributed by atoms with Crippen molar-refractivity contribution in [1.82, 2.24) is 4.90 Å². The molecular formula is C9H14N2. The van der Waals surface area contributed by atoms with Gasteiger partial charge in [-0.2, -0.15) is 5.26 Å². The lowest BCUT2D eigenvalue weighted by Crippen LogP contribution is -2.44. The molecule has 2 nitrogen and oxygen atoms in total. The van der Waals surface area contributed by atoms with Crippen molar-refractivity contribution in [2.75, 3.05) is 13.1 Å². The summed E-state index contributed by atoms with van der Waals surface area (Å²) < 4.78 is 0. The summed E-state index contributed by atoms with van der Waals surface area (Å²) in [6.07, 6.45) is 4.79. The molecule has 0 spiro atoms. The van der Waals surface area contributed by atoms with E-state index in [9.17, 15) is 0 Å². The van der Waals surface area contributed by atoms with Gasteiger partial charge in [0.25, 0.3) is 0 Å². The molecule has 0 aromatic heterocycles. The highest BCUT2D eigenvalue weighted by molar-refractivity contribution is 4.90. The SMILES string of the molecule is C=CCC(CC#N)N1CCC1. The van der Waals surface area contributed by atoms with E-state index in [0.29, 0.717) is 12.5 Å². The van der Waals surface area contributed by atoms with Crippen molar-refractivity contribution < 1.29 is 0 Å². The minimum atomic E-state index is 0.436. The van der Waals surface area contributed by atoms with Crippen molar-refractivity contribution in [2.45, 2.75) is 25.3 Å². The van der Waals surface area contributed by atoms with Crippen molar-refractivity contribution in [3.05, 3.63) is 12.7 Å². The van der Waals surface area contributed by atoms with Crippen LogP contribution in [0, 0.1) is 11.3 Å². The maximum Gasteiger partial charge on any atom is 0.0638 e. The lowest BCUT2D eigenvalue weighted by Gasteiger charge is -2.36. The largest absolute Gasteiger partial charge is 0.299 e. The Hall–Kier alpha value is -0.810. The number of rotatable bonds is 4. The van der Waals surface area contributed by atoms with E-state index in [4.69, 9.17) is 5.26 Å². The Balaban J connectivity index is 2.31. The third-order valence-corrected chi connectivity index (χ3v) is 2.17. The highest BCUT2D eigenvalue weighted by Gasteiger charge is 2.22. The molecule has 1 rings (SSSR count). The first-order valence-corrected chi connectivity index (χ1v) is 4.10. The minimum Gasteiger partial charge on any atom is -0.299 e. The summed E-state index contributed by atoms with van der Waals surface area (Å²) in [6, 6.07) is 2.65. The number of hydrogen-bond donors (Lipinski definition) is 0. The molecule has 1 aliphatic rings. The number of hydrogen-bond acceptors (Lipinski definition) is 2. The second kappa shape index (κ2) is 4.15. The van der Waals surface area contributed by atoms with Crippen LogP contribution >= 0.6 is 0 Å². The van der Waals surface area contributed by atoms with Gasteiger partial charge in [-0.05, 0) is 25.9 Å². The fourth-order valence-corrected chi connectivity index (χ4v) is 1.37. The molecule has 0 aromatic carbocycles. The molecule has 0 aromatic rings. The van der Waals surface area contributed by atoms with Gasteiger partial charge in [0.05, 0.1) is 12.5 Å². The summed E-state index contributed by atoms with van der Waals surface area (Å²) in [7, 11) is 0. The lowest BCUT2D eigenvalue weighted by atomic mass is 10.0. The van der Waals surface area contributed by atoms with Crippen LogP contribution in [0.15, 0.2) is 12.7 Å². The highest BCUT2D eigenvalue weighted by atomic mass is 15.2. The van der Waals surface area contributed by atoms with Crippen molar-refractivity contribution in [3.8, 4) is 6.07 Å². The molecule has 1 heterocycles. The van der Waals surface area contributed by atoms with Crippen LogP contribution in [0.3, 0.4) is 0 Å². The normalized spacial score (nSPS) is 19.9. The molecule has 0 saturated carbocycles. The zero-order chi connectivity index (χ0) is 8.10. The molecule has 1 fully saturated rings.